The predicted molar refractivity (Wildman–Crippen MR) is 47.2 cm³/mol. The average molecular weight is 146 g/mol. The van der Waals surface area contributed by atoms with Crippen LogP contribution in [0.15, 0.2) is 28.5 Å². The molecule has 0 aliphatic heterocycles. The van der Waals surface area contributed by atoms with Gasteiger partial charge in [-0.05, 0) is 30.9 Å². The third-order valence-corrected chi connectivity index (χ3v) is 2.93. The molecular weight excluding hydrogens is 132 g/mol. The predicted octanol–water partition coefficient (Wildman–Crippen LogP) is 3.07. The summed E-state index contributed by atoms with van der Waals surface area (Å²) in [4.78, 5) is 0. The van der Waals surface area contributed by atoms with E-state index in [9.17, 15) is 0 Å². The van der Waals surface area contributed by atoms with Gasteiger partial charge < -0.3 is 0 Å². The van der Waals surface area contributed by atoms with Crippen molar-refractivity contribution >= 4 is 0 Å². The van der Waals surface area contributed by atoms with Gasteiger partial charge in [-0.15, -0.1) is 5.73 Å². The summed E-state index contributed by atoms with van der Waals surface area (Å²) in [6, 6.07) is 0. The fourth-order valence-corrected chi connectivity index (χ4v) is 1.89. The van der Waals surface area contributed by atoms with Gasteiger partial charge in [-0.3, -0.25) is 0 Å². The number of hydrogen-bond donors (Lipinski definition) is 0. The molecular formula is C11H14. The van der Waals surface area contributed by atoms with Crippen LogP contribution in [-0.4, -0.2) is 0 Å². The lowest BCUT2D eigenvalue weighted by molar-refractivity contribution is 0.473. The Bertz CT molecular complexity index is 285. The SMILES string of the molecule is CC1=C=C(C2C=C(C)C2C)C1. The van der Waals surface area contributed by atoms with Gasteiger partial charge in [-0.2, -0.15) is 0 Å². The molecule has 0 fully saturated rings. The standard InChI is InChI=1S/C11H14/c1-7-4-10(5-7)11-6-8(2)9(11)3/h6,9,11H,4H2,1-3H3. The van der Waals surface area contributed by atoms with Crippen molar-refractivity contribution in [2.45, 2.75) is 27.2 Å². The van der Waals surface area contributed by atoms with Gasteiger partial charge in [0.15, 0.2) is 0 Å². The number of allylic oxidation sites excluding steroid dienone is 3. The summed E-state index contributed by atoms with van der Waals surface area (Å²) < 4.78 is 0. The average Bonchev–Trinajstić information content (AvgIpc) is 1.94. The summed E-state index contributed by atoms with van der Waals surface area (Å²) in [5.74, 6) is 1.52. The van der Waals surface area contributed by atoms with Crippen LogP contribution in [0.4, 0.5) is 0 Å². The van der Waals surface area contributed by atoms with Crippen molar-refractivity contribution in [3.05, 3.63) is 28.5 Å². The van der Waals surface area contributed by atoms with E-state index in [1.165, 1.54) is 17.6 Å². The Morgan fingerprint density at radius 3 is 2.45 bits per heavy atom. The van der Waals surface area contributed by atoms with Crippen molar-refractivity contribution in [2.75, 3.05) is 0 Å². The normalized spacial score (nSPS) is 34.6. The molecule has 2 unspecified atom stereocenters. The lowest BCUT2D eigenvalue weighted by Gasteiger charge is -2.35. The van der Waals surface area contributed by atoms with Gasteiger partial charge >= 0.3 is 0 Å². The first-order chi connectivity index (χ1) is 5.18. The van der Waals surface area contributed by atoms with Gasteiger partial charge in [-0.1, -0.05) is 18.6 Å². The van der Waals surface area contributed by atoms with Gasteiger partial charge in [0.05, 0.1) is 0 Å². The van der Waals surface area contributed by atoms with E-state index in [1.54, 1.807) is 5.57 Å². The monoisotopic (exact) mass is 146 g/mol. The molecule has 0 amide bonds. The van der Waals surface area contributed by atoms with E-state index in [0.29, 0.717) is 0 Å². The van der Waals surface area contributed by atoms with Crippen LogP contribution in [0.5, 0.6) is 0 Å². The first-order valence-electron chi connectivity index (χ1n) is 4.32. The maximum atomic E-state index is 3.38. The van der Waals surface area contributed by atoms with E-state index >= 15 is 0 Å². The van der Waals surface area contributed by atoms with E-state index in [4.69, 9.17) is 0 Å². The molecule has 0 heterocycles. The number of rotatable bonds is 1. The van der Waals surface area contributed by atoms with Crippen LogP contribution in [0.25, 0.3) is 0 Å². The maximum Gasteiger partial charge on any atom is 0.0122 e. The highest BCUT2D eigenvalue weighted by atomic mass is 14.3. The van der Waals surface area contributed by atoms with Gasteiger partial charge in [0.1, 0.15) is 0 Å². The lowest BCUT2D eigenvalue weighted by Crippen LogP contribution is -2.24. The second-order valence-electron chi connectivity index (χ2n) is 3.83. The second kappa shape index (κ2) is 2.12. The molecule has 0 heteroatoms. The van der Waals surface area contributed by atoms with E-state index in [2.05, 4.69) is 32.6 Å². The van der Waals surface area contributed by atoms with Crippen LogP contribution in [0.3, 0.4) is 0 Å². The van der Waals surface area contributed by atoms with Gasteiger partial charge in [0.2, 0.25) is 0 Å². The lowest BCUT2D eigenvalue weighted by atomic mass is 9.69. The molecule has 0 aromatic heterocycles. The van der Waals surface area contributed by atoms with E-state index < -0.39 is 0 Å². The molecule has 0 radical (unpaired) electrons. The Morgan fingerprint density at radius 1 is 1.45 bits per heavy atom. The van der Waals surface area contributed by atoms with Crippen molar-refractivity contribution < 1.29 is 0 Å². The van der Waals surface area contributed by atoms with Gasteiger partial charge in [0, 0.05) is 12.3 Å². The highest BCUT2D eigenvalue weighted by Crippen LogP contribution is 2.41. The summed E-state index contributed by atoms with van der Waals surface area (Å²) in [6.45, 7) is 6.68. The molecule has 11 heavy (non-hydrogen) atoms. The van der Waals surface area contributed by atoms with Crippen LogP contribution in [0.2, 0.25) is 0 Å². The minimum absolute atomic E-state index is 0.735. The zero-order chi connectivity index (χ0) is 8.01. The third kappa shape index (κ3) is 0.902. The van der Waals surface area contributed by atoms with E-state index in [1.807, 2.05) is 0 Å². The Balaban J connectivity index is 2.18. The zero-order valence-electron chi connectivity index (χ0n) is 7.44. The maximum absolute atomic E-state index is 3.38. The molecule has 0 spiro atoms. The zero-order valence-corrected chi connectivity index (χ0v) is 7.44. The molecule has 0 saturated heterocycles. The Kier molecular flexibility index (Phi) is 1.34. The molecule has 2 rings (SSSR count). The first kappa shape index (κ1) is 6.94. The molecule has 0 aromatic rings. The van der Waals surface area contributed by atoms with Crippen LogP contribution >= 0.6 is 0 Å². The molecule has 2 atom stereocenters. The molecule has 2 aliphatic rings. The highest BCUT2D eigenvalue weighted by molar-refractivity contribution is 5.36. The molecule has 0 N–H and O–H groups in total. The summed E-state index contributed by atoms with van der Waals surface area (Å²) >= 11 is 0. The molecule has 58 valence electrons. The Morgan fingerprint density at radius 2 is 2.09 bits per heavy atom. The molecule has 2 aliphatic carbocycles. The number of hydrogen-bond acceptors (Lipinski definition) is 0. The fraction of sp³-hybridized carbons (Fsp3) is 0.545. The highest BCUT2D eigenvalue weighted by Gasteiger charge is 2.30. The van der Waals surface area contributed by atoms with Crippen LogP contribution < -0.4 is 0 Å². The van der Waals surface area contributed by atoms with Crippen molar-refractivity contribution in [3.8, 4) is 0 Å². The summed E-state index contributed by atoms with van der Waals surface area (Å²) in [5.41, 5.74) is 7.88. The van der Waals surface area contributed by atoms with E-state index in [0.717, 1.165) is 11.8 Å². The molecule has 0 aromatic carbocycles. The Hall–Kier alpha value is -0.740. The molecule has 0 saturated carbocycles. The minimum Gasteiger partial charge on any atom is -0.122 e. The topological polar surface area (TPSA) is 0 Å². The van der Waals surface area contributed by atoms with Crippen LogP contribution in [0, 0.1) is 11.8 Å². The first-order valence-corrected chi connectivity index (χ1v) is 4.32. The van der Waals surface area contributed by atoms with Crippen molar-refractivity contribution in [1.82, 2.24) is 0 Å². The van der Waals surface area contributed by atoms with Crippen molar-refractivity contribution in [3.63, 3.8) is 0 Å². The van der Waals surface area contributed by atoms with Gasteiger partial charge in [-0.25, -0.2) is 0 Å². The second-order valence-corrected chi connectivity index (χ2v) is 3.83. The molecule has 0 bridgehead atoms. The quantitative estimate of drug-likeness (QED) is 0.394. The van der Waals surface area contributed by atoms with Crippen LogP contribution in [-0.2, 0) is 0 Å². The van der Waals surface area contributed by atoms with Crippen molar-refractivity contribution in [2.24, 2.45) is 11.8 Å². The largest absolute Gasteiger partial charge is 0.122 e. The minimum atomic E-state index is 0.735. The van der Waals surface area contributed by atoms with E-state index in [-0.39, 0.29) is 0 Å². The fourth-order valence-electron chi connectivity index (χ4n) is 1.89. The smallest absolute Gasteiger partial charge is 0.0122 e. The third-order valence-electron chi connectivity index (χ3n) is 2.93. The summed E-state index contributed by atoms with van der Waals surface area (Å²) in [6.07, 6.45) is 3.58. The van der Waals surface area contributed by atoms with Crippen LogP contribution in [0.1, 0.15) is 27.2 Å². The summed E-state index contributed by atoms with van der Waals surface area (Å²) in [5, 5.41) is 0. The van der Waals surface area contributed by atoms with Gasteiger partial charge in [0.25, 0.3) is 0 Å². The van der Waals surface area contributed by atoms with Crippen molar-refractivity contribution in [1.29, 1.82) is 0 Å². The Labute approximate surface area is 68.3 Å². The molecule has 0 nitrogen and oxygen atoms in total. The summed E-state index contributed by atoms with van der Waals surface area (Å²) in [7, 11) is 0.